The summed E-state index contributed by atoms with van der Waals surface area (Å²) < 4.78 is 0. The molecule has 3 amide bonds. The van der Waals surface area contributed by atoms with Crippen molar-refractivity contribution >= 4 is 58.1 Å². The van der Waals surface area contributed by atoms with E-state index in [1.165, 1.54) is 30.3 Å². The number of non-ortho nitro benzene ring substituents is 1. The minimum absolute atomic E-state index is 0.0572. The van der Waals surface area contributed by atoms with Crippen LogP contribution in [0, 0.1) is 20.2 Å². The van der Waals surface area contributed by atoms with Crippen LogP contribution in [0.1, 0.15) is 41.4 Å². The second-order valence-electron chi connectivity index (χ2n) is 7.59. The van der Waals surface area contributed by atoms with E-state index in [1.54, 1.807) is 0 Å². The number of hydrogen-bond acceptors (Lipinski definition) is 8. The lowest BCUT2D eigenvalue weighted by molar-refractivity contribution is -0.385. The van der Waals surface area contributed by atoms with Crippen molar-refractivity contribution in [3.8, 4) is 0 Å². The van der Waals surface area contributed by atoms with Crippen LogP contribution in [0.25, 0.3) is 0 Å². The number of rotatable bonds is 7. The Hall–Kier alpha value is -4.68. The number of Topliss-reactive ketones (excluding diaryl/α,β-unsaturated/α-hetero) is 1. The van der Waals surface area contributed by atoms with Crippen LogP contribution >= 0.6 is 23.2 Å². The highest BCUT2D eigenvalue weighted by atomic mass is 35.5. The molecule has 37 heavy (non-hydrogen) atoms. The van der Waals surface area contributed by atoms with Gasteiger partial charge in [-0.25, -0.2) is 5.01 Å². The van der Waals surface area contributed by atoms with Crippen LogP contribution in [0.3, 0.4) is 0 Å². The van der Waals surface area contributed by atoms with Gasteiger partial charge in [0.1, 0.15) is 12.1 Å². The third-order valence-corrected chi connectivity index (χ3v) is 5.94. The van der Waals surface area contributed by atoms with Gasteiger partial charge in [-0.2, -0.15) is 5.01 Å². The Morgan fingerprint density at radius 1 is 0.892 bits per heavy atom. The quantitative estimate of drug-likeness (QED) is 0.184. The number of nitro groups is 2. The molecule has 186 valence electrons. The third-order valence-electron chi connectivity index (χ3n) is 5.39. The number of ketones is 1. The molecule has 12 nitrogen and oxygen atoms in total. The topological polar surface area (TPSA) is 161 Å². The fourth-order valence-corrected chi connectivity index (χ4v) is 4.19. The summed E-state index contributed by atoms with van der Waals surface area (Å²) in [5.74, 6) is -4.11. The van der Waals surface area contributed by atoms with Crippen molar-refractivity contribution in [3.63, 3.8) is 0 Å². The van der Waals surface area contributed by atoms with E-state index in [0.29, 0.717) is 10.0 Å². The number of amides is 3. The summed E-state index contributed by atoms with van der Waals surface area (Å²) in [5.41, 5.74) is -2.15. The molecule has 0 radical (unpaired) electrons. The fraction of sp³-hybridized carbons (Fsp3) is 0.0435. The average Bonchev–Trinajstić information content (AvgIpc) is 3.11. The van der Waals surface area contributed by atoms with E-state index in [1.807, 2.05) is 0 Å². The first-order valence-electron chi connectivity index (χ1n) is 10.2. The number of carbonyl (C=O) groups excluding carboxylic acids is 4. The number of benzene rings is 3. The zero-order chi connectivity index (χ0) is 27.0. The molecule has 1 heterocycles. The van der Waals surface area contributed by atoms with Crippen molar-refractivity contribution in [2.75, 3.05) is 6.54 Å². The monoisotopic (exact) mass is 542 g/mol. The van der Waals surface area contributed by atoms with Crippen molar-refractivity contribution in [1.82, 2.24) is 10.0 Å². The van der Waals surface area contributed by atoms with Gasteiger partial charge in [0.2, 0.25) is 0 Å². The Kier molecular flexibility index (Phi) is 6.70. The van der Waals surface area contributed by atoms with E-state index < -0.39 is 51.1 Å². The van der Waals surface area contributed by atoms with Gasteiger partial charge in [0.05, 0.1) is 20.4 Å². The van der Waals surface area contributed by atoms with Crippen LogP contribution in [0.2, 0.25) is 10.0 Å². The summed E-state index contributed by atoms with van der Waals surface area (Å²) in [6.45, 7) is -0.879. The Bertz CT molecular complexity index is 1520. The maximum Gasteiger partial charge on any atom is 0.287 e. The van der Waals surface area contributed by atoms with Crippen molar-refractivity contribution in [2.24, 2.45) is 0 Å². The highest BCUT2D eigenvalue weighted by Gasteiger charge is 2.46. The van der Waals surface area contributed by atoms with Gasteiger partial charge >= 0.3 is 0 Å². The average molecular weight is 543 g/mol. The molecule has 0 spiro atoms. The molecular weight excluding hydrogens is 531 g/mol. The lowest BCUT2D eigenvalue weighted by atomic mass is 10.1. The molecule has 0 aromatic heterocycles. The van der Waals surface area contributed by atoms with Gasteiger partial charge in [0, 0.05) is 34.3 Å². The number of fused-ring (bicyclic) bond motifs is 1. The van der Waals surface area contributed by atoms with Gasteiger partial charge in [-0.1, -0.05) is 29.3 Å². The van der Waals surface area contributed by atoms with E-state index in [9.17, 15) is 39.4 Å². The largest absolute Gasteiger partial charge is 0.292 e. The second-order valence-corrected chi connectivity index (χ2v) is 8.44. The molecule has 0 bridgehead atoms. The lowest BCUT2D eigenvalue weighted by Crippen LogP contribution is -2.51. The maximum absolute atomic E-state index is 13.4. The summed E-state index contributed by atoms with van der Waals surface area (Å²) in [7, 11) is 0. The number of nitrogens with zero attached hydrogens (tertiary/aromatic N) is 4. The fourth-order valence-electron chi connectivity index (χ4n) is 3.67. The smallest absolute Gasteiger partial charge is 0.287 e. The Morgan fingerprint density at radius 3 is 2.16 bits per heavy atom. The van der Waals surface area contributed by atoms with Crippen molar-refractivity contribution < 1.29 is 29.0 Å². The molecule has 0 N–H and O–H groups in total. The van der Waals surface area contributed by atoms with Crippen LogP contribution in [-0.4, -0.2) is 49.9 Å². The minimum atomic E-state index is -1.20. The van der Waals surface area contributed by atoms with Crippen LogP contribution < -0.4 is 0 Å². The molecule has 0 saturated heterocycles. The predicted octanol–water partition coefficient (Wildman–Crippen LogP) is 4.35. The van der Waals surface area contributed by atoms with Gasteiger partial charge in [-0.15, -0.1) is 0 Å². The maximum atomic E-state index is 13.4. The van der Waals surface area contributed by atoms with Crippen molar-refractivity contribution in [2.45, 2.75) is 0 Å². The first-order chi connectivity index (χ1) is 17.5. The number of hydrazine groups is 1. The van der Waals surface area contributed by atoms with Crippen molar-refractivity contribution in [1.29, 1.82) is 0 Å². The molecule has 1 aliphatic heterocycles. The highest BCUT2D eigenvalue weighted by Crippen LogP contribution is 2.32. The van der Waals surface area contributed by atoms with Crippen LogP contribution in [0.5, 0.6) is 0 Å². The zero-order valence-electron chi connectivity index (χ0n) is 18.3. The third kappa shape index (κ3) is 4.62. The molecule has 14 heteroatoms. The number of halogens is 2. The number of hydrogen-bond donors (Lipinski definition) is 0. The highest BCUT2D eigenvalue weighted by molar-refractivity contribution is 6.37. The lowest BCUT2D eigenvalue weighted by Gasteiger charge is -2.29. The van der Waals surface area contributed by atoms with E-state index in [2.05, 4.69) is 0 Å². The van der Waals surface area contributed by atoms with Crippen LogP contribution in [0.4, 0.5) is 11.4 Å². The summed E-state index contributed by atoms with van der Waals surface area (Å²) in [6.07, 6.45) is 0. The Balaban J connectivity index is 1.79. The van der Waals surface area contributed by atoms with Gasteiger partial charge in [-0.05, 0) is 36.4 Å². The molecule has 1 aliphatic rings. The Labute approximate surface area is 216 Å². The number of nitro benzene ring substituents is 2. The number of imide groups is 1. The molecule has 0 unspecified atom stereocenters. The summed E-state index contributed by atoms with van der Waals surface area (Å²) >= 11 is 12.0. The first kappa shape index (κ1) is 25.4. The molecule has 0 fully saturated rings. The minimum Gasteiger partial charge on any atom is -0.292 e. The van der Waals surface area contributed by atoms with E-state index in [4.69, 9.17) is 23.2 Å². The first-order valence-corrected chi connectivity index (χ1v) is 11.0. The molecule has 3 aromatic rings. The predicted molar refractivity (Wildman–Crippen MR) is 129 cm³/mol. The molecule has 4 rings (SSSR count). The Morgan fingerprint density at radius 2 is 1.57 bits per heavy atom. The van der Waals surface area contributed by atoms with Gasteiger partial charge in [0.15, 0.2) is 5.78 Å². The zero-order valence-corrected chi connectivity index (χ0v) is 19.8. The van der Waals surface area contributed by atoms with E-state index in [0.717, 1.165) is 30.3 Å². The molecular formula is C23H12Cl2N4O8. The standard InChI is InChI=1S/C23H12Cl2N4O8/c24-13-6-9-15(17(25)10-13)19(30)11-26(21(31)12-4-7-14(8-5-12)28(34)35)27-22(32)16-2-1-3-18(29(36)37)20(16)23(27)33/h1-10H,11H2. The molecule has 0 saturated carbocycles. The van der Waals surface area contributed by atoms with Crippen molar-refractivity contribution in [3.05, 3.63) is 113 Å². The molecule has 3 aromatic carbocycles. The summed E-state index contributed by atoms with van der Waals surface area (Å²) in [5, 5.41) is 23.5. The molecule has 0 aliphatic carbocycles. The van der Waals surface area contributed by atoms with Crippen LogP contribution in [0.15, 0.2) is 60.7 Å². The van der Waals surface area contributed by atoms with Gasteiger partial charge in [0.25, 0.3) is 29.1 Å². The number of carbonyl (C=O) groups is 4. The summed E-state index contributed by atoms with van der Waals surface area (Å²) in [4.78, 5) is 73.9. The van der Waals surface area contributed by atoms with Gasteiger partial charge in [-0.3, -0.25) is 39.4 Å². The van der Waals surface area contributed by atoms with Gasteiger partial charge < -0.3 is 0 Å². The SMILES string of the molecule is O=C(CN(C(=O)c1ccc([N+](=O)[O-])cc1)N1C(=O)c2cccc([N+](=O)[O-])c2C1=O)c1ccc(Cl)cc1Cl. The van der Waals surface area contributed by atoms with E-state index in [-0.39, 0.29) is 32.4 Å². The normalized spacial score (nSPS) is 12.3. The second kappa shape index (κ2) is 9.76. The summed E-state index contributed by atoms with van der Waals surface area (Å²) in [6, 6.07) is 11.5. The van der Waals surface area contributed by atoms with Crippen LogP contribution in [-0.2, 0) is 0 Å². The van der Waals surface area contributed by atoms with E-state index >= 15 is 0 Å². The molecule has 0 atom stereocenters.